The van der Waals surface area contributed by atoms with Crippen LogP contribution in [0, 0.1) is 0 Å². The Labute approximate surface area is 78.8 Å². The smallest absolute Gasteiger partial charge is 0.155 e. The molecule has 78 valence electrons. The minimum absolute atomic E-state index is 0.0323. The number of ether oxygens (including phenoxy) is 2. The molecule has 0 aromatic carbocycles. The maximum atomic E-state index is 10.4. The van der Waals surface area contributed by atoms with Crippen molar-refractivity contribution in [2.45, 2.75) is 26.4 Å². The molecule has 0 heterocycles. The molecule has 4 nitrogen and oxygen atoms in total. The summed E-state index contributed by atoms with van der Waals surface area (Å²) in [5.74, 6) is 0.0323. The third-order valence-corrected chi connectivity index (χ3v) is 1.24. The first-order valence-electron chi connectivity index (χ1n) is 4.46. The van der Waals surface area contributed by atoms with E-state index in [0.717, 1.165) is 6.42 Å². The number of carbonyl (C=O) groups excluding carboxylic acids is 1. The van der Waals surface area contributed by atoms with E-state index in [9.17, 15) is 4.79 Å². The third-order valence-electron chi connectivity index (χ3n) is 1.24. The maximum absolute atomic E-state index is 10.4. The van der Waals surface area contributed by atoms with Crippen molar-refractivity contribution in [1.29, 1.82) is 0 Å². The standard InChI is InChI=1S/C9H18O4/c1-8(10)6-12-4-3-5-13-7-9(2)11/h8,10H,3-7H2,1-2H3. The molecule has 0 saturated heterocycles. The molecule has 1 N–H and O–H groups in total. The fraction of sp³-hybridized carbons (Fsp3) is 0.889. The first-order chi connectivity index (χ1) is 6.13. The molecule has 0 fully saturated rings. The Hall–Kier alpha value is -0.450. The van der Waals surface area contributed by atoms with Crippen molar-refractivity contribution in [3.05, 3.63) is 0 Å². The molecule has 0 spiro atoms. The van der Waals surface area contributed by atoms with E-state index in [2.05, 4.69) is 0 Å². The van der Waals surface area contributed by atoms with Gasteiger partial charge in [0, 0.05) is 13.2 Å². The molecule has 13 heavy (non-hydrogen) atoms. The number of hydrogen-bond donors (Lipinski definition) is 1. The molecule has 0 amide bonds. The summed E-state index contributed by atoms with van der Waals surface area (Å²) < 4.78 is 10.1. The lowest BCUT2D eigenvalue weighted by molar-refractivity contribution is -0.121. The summed E-state index contributed by atoms with van der Waals surface area (Å²) in [5.41, 5.74) is 0. The van der Waals surface area contributed by atoms with E-state index in [4.69, 9.17) is 14.6 Å². The highest BCUT2D eigenvalue weighted by molar-refractivity contribution is 5.76. The average Bonchev–Trinajstić information content (AvgIpc) is 2.01. The number of aliphatic hydroxyl groups excluding tert-OH is 1. The van der Waals surface area contributed by atoms with E-state index in [0.29, 0.717) is 19.8 Å². The van der Waals surface area contributed by atoms with Crippen LogP contribution in [0.25, 0.3) is 0 Å². The lowest BCUT2D eigenvalue weighted by atomic mass is 10.4. The van der Waals surface area contributed by atoms with Gasteiger partial charge in [-0.15, -0.1) is 0 Å². The van der Waals surface area contributed by atoms with Gasteiger partial charge in [-0.05, 0) is 20.3 Å². The second-order valence-corrected chi connectivity index (χ2v) is 3.03. The number of ketones is 1. The van der Waals surface area contributed by atoms with E-state index < -0.39 is 6.10 Å². The Kier molecular flexibility index (Phi) is 7.88. The molecule has 0 rings (SSSR count). The normalized spacial score (nSPS) is 12.8. The van der Waals surface area contributed by atoms with E-state index in [1.807, 2.05) is 0 Å². The third kappa shape index (κ3) is 11.5. The fourth-order valence-corrected chi connectivity index (χ4v) is 0.733. The van der Waals surface area contributed by atoms with Gasteiger partial charge in [-0.3, -0.25) is 4.79 Å². The monoisotopic (exact) mass is 190 g/mol. The molecular weight excluding hydrogens is 172 g/mol. The van der Waals surface area contributed by atoms with Crippen molar-refractivity contribution >= 4 is 5.78 Å². The van der Waals surface area contributed by atoms with E-state index in [-0.39, 0.29) is 12.4 Å². The minimum Gasteiger partial charge on any atom is -0.391 e. The number of aliphatic hydroxyl groups is 1. The summed E-state index contributed by atoms with van der Waals surface area (Å²) in [7, 11) is 0. The van der Waals surface area contributed by atoms with Crippen molar-refractivity contribution in [3.63, 3.8) is 0 Å². The van der Waals surface area contributed by atoms with Gasteiger partial charge in [-0.2, -0.15) is 0 Å². The Balaban J connectivity index is 2.96. The van der Waals surface area contributed by atoms with Crippen molar-refractivity contribution in [2.75, 3.05) is 26.4 Å². The van der Waals surface area contributed by atoms with Gasteiger partial charge >= 0.3 is 0 Å². The number of rotatable bonds is 8. The highest BCUT2D eigenvalue weighted by Crippen LogP contribution is 1.88. The van der Waals surface area contributed by atoms with Crippen LogP contribution in [0.4, 0.5) is 0 Å². The van der Waals surface area contributed by atoms with Crippen LogP contribution in [0.3, 0.4) is 0 Å². The first kappa shape index (κ1) is 12.6. The molecule has 0 aromatic rings. The zero-order chi connectivity index (χ0) is 10.1. The maximum Gasteiger partial charge on any atom is 0.155 e. The van der Waals surface area contributed by atoms with Gasteiger partial charge in [0.05, 0.1) is 12.7 Å². The number of Topliss-reactive ketones (excluding diaryl/α,β-unsaturated/α-hetero) is 1. The molecule has 4 heteroatoms. The molecule has 1 atom stereocenters. The van der Waals surface area contributed by atoms with Crippen LogP contribution in [-0.4, -0.2) is 43.4 Å². The molecule has 0 bridgehead atoms. The Morgan fingerprint density at radius 2 is 2.00 bits per heavy atom. The largest absolute Gasteiger partial charge is 0.391 e. The van der Waals surface area contributed by atoms with Gasteiger partial charge < -0.3 is 14.6 Å². The molecule has 0 aliphatic rings. The molecule has 0 aliphatic carbocycles. The highest BCUT2D eigenvalue weighted by Gasteiger charge is 1.96. The predicted molar refractivity (Wildman–Crippen MR) is 48.6 cm³/mol. The van der Waals surface area contributed by atoms with Gasteiger partial charge in [0.25, 0.3) is 0 Å². The van der Waals surface area contributed by atoms with Crippen molar-refractivity contribution in [3.8, 4) is 0 Å². The van der Waals surface area contributed by atoms with Gasteiger partial charge in [-0.25, -0.2) is 0 Å². The molecule has 0 aliphatic heterocycles. The second-order valence-electron chi connectivity index (χ2n) is 3.03. The molecule has 0 saturated carbocycles. The zero-order valence-electron chi connectivity index (χ0n) is 8.28. The van der Waals surface area contributed by atoms with E-state index in [1.165, 1.54) is 6.92 Å². The van der Waals surface area contributed by atoms with Gasteiger partial charge in [0.2, 0.25) is 0 Å². The summed E-state index contributed by atoms with van der Waals surface area (Å²) in [6, 6.07) is 0. The van der Waals surface area contributed by atoms with Crippen LogP contribution >= 0.6 is 0 Å². The van der Waals surface area contributed by atoms with E-state index >= 15 is 0 Å². The molecule has 1 unspecified atom stereocenters. The average molecular weight is 190 g/mol. The molecule has 0 radical (unpaired) electrons. The lowest BCUT2D eigenvalue weighted by Gasteiger charge is -2.05. The van der Waals surface area contributed by atoms with Gasteiger partial charge in [0.15, 0.2) is 5.78 Å². The SMILES string of the molecule is CC(=O)COCCCOCC(C)O. The quantitative estimate of drug-likeness (QED) is 0.562. The molecule has 0 aromatic heterocycles. The minimum atomic E-state index is -0.418. The summed E-state index contributed by atoms with van der Waals surface area (Å²) in [6.45, 7) is 4.78. The predicted octanol–water partition coefficient (Wildman–Crippen LogP) is 0.380. The van der Waals surface area contributed by atoms with E-state index in [1.54, 1.807) is 6.92 Å². The Morgan fingerprint density at radius 1 is 1.38 bits per heavy atom. The number of hydrogen-bond acceptors (Lipinski definition) is 4. The zero-order valence-corrected chi connectivity index (χ0v) is 8.28. The van der Waals surface area contributed by atoms with Crippen LogP contribution in [0.15, 0.2) is 0 Å². The summed E-state index contributed by atoms with van der Waals surface area (Å²) in [5, 5.41) is 8.83. The van der Waals surface area contributed by atoms with Crippen LogP contribution < -0.4 is 0 Å². The molecular formula is C9H18O4. The number of carbonyl (C=O) groups is 1. The van der Waals surface area contributed by atoms with Crippen molar-refractivity contribution in [1.82, 2.24) is 0 Å². The fourth-order valence-electron chi connectivity index (χ4n) is 0.733. The highest BCUT2D eigenvalue weighted by atomic mass is 16.5. The van der Waals surface area contributed by atoms with Crippen molar-refractivity contribution < 1.29 is 19.4 Å². The Morgan fingerprint density at radius 3 is 2.54 bits per heavy atom. The Bertz CT molecular complexity index is 134. The summed E-state index contributed by atoms with van der Waals surface area (Å²) in [6.07, 6.45) is 0.332. The first-order valence-corrected chi connectivity index (χ1v) is 4.46. The van der Waals surface area contributed by atoms with Crippen LogP contribution in [-0.2, 0) is 14.3 Å². The second kappa shape index (κ2) is 8.16. The van der Waals surface area contributed by atoms with Crippen LogP contribution in [0.2, 0.25) is 0 Å². The van der Waals surface area contributed by atoms with Crippen LogP contribution in [0.5, 0.6) is 0 Å². The summed E-state index contributed by atoms with van der Waals surface area (Å²) >= 11 is 0. The van der Waals surface area contributed by atoms with Crippen molar-refractivity contribution in [2.24, 2.45) is 0 Å². The van der Waals surface area contributed by atoms with Gasteiger partial charge in [-0.1, -0.05) is 0 Å². The lowest BCUT2D eigenvalue weighted by Crippen LogP contribution is -2.12. The summed E-state index contributed by atoms with van der Waals surface area (Å²) in [4.78, 5) is 10.4. The van der Waals surface area contributed by atoms with Crippen LogP contribution in [0.1, 0.15) is 20.3 Å². The van der Waals surface area contributed by atoms with Gasteiger partial charge in [0.1, 0.15) is 6.61 Å². The topological polar surface area (TPSA) is 55.8 Å².